The van der Waals surface area contributed by atoms with Crippen molar-refractivity contribution in [2.75, 3.05) is 43.2 Å². The van der Waals surface area contributed by atoms with Crippen LogP contribution in [0.5, 0.6) is 0 Å². The molecule has 89 heavy (non-hydrogen) atoms. The van der Waals surface area contributed by atoms with Crippen LogP contribution >= 0.6 is 70.7 Å². The molecule has 24 heteroatoms. The van der Waals surface area contributed by atoms with Crippen molar-refractivity contribution in [3.8, 4) is 0 Å². The van der Waals surface area contributed by atoms with Gasteiger partial charge in [0.25, 0.3) is 0 Å². The molecule has 0 fully saturated rings. The van der Waals surface area contributed by atoms with Gasteiger partial charge in [0.05, 0.1) is 54.6 Å². The maximum Gasteiger partial charge on any atom is 0.113 e. The lowest BCUT2D eigenvalue weighted by Gasteiger charge is -2.44. The molecule has 1 unspecified atom stereocenters. The van der Waals surface area contributed by atoms with Gasteiger partial charge in [0.15, 0.2) is 0 Å². The third kappa shape index (κ3) is 36.5. The average Bonchev–Trinajstić information content (AvgIpc) is 1.07. The van der Waals surface area contributed by atoms with E-state index in [1.165, 1.54) is 182 Å². The maximum absolute atomic E-state index is 6.44. The highest BCUT2D eigenvalue weighted by Gasteiger charge is 2.43. The standard InChI is InChI=1S/C65H145Cl6N9Si9/c1-81(2,48-37-72)39-19-28-63(30-21-41-83(5,6)53-74,31-22-42-84(7,8)54-75-66)60-50-61(64(29-20-40-82(3,4)49-38-73,32-23-43-85(9,10)55-76-67)33-24-44-86(11,12)56-77-68)52-62(51-60)65(34-25-45-87(13,14)57-78-69,35-26-46-88(15,16)58-79-70)36-27-47-89(17,18)59-80-71/h37-38,50-52,75-80H,19-36,39-49,53-59,74H2,1-18,72-73H3/p+1. The van der Waals surface area contributed by atoms with E-state index in [1.54, 1.807) is 16.7 Å². The monoisotopic (exact) mass is 1510 g/mol. The van der Waals surface area contributed by atoms with E-state index in [2.05, 4.69) is 195 Å². The van der Waals surface area contributed by atoms with Crippen molar-refractivity contribution in [2.24, 2.45) is 0 Å². The largest absolute Gasteiger partial charge is 0.488 e. The molecule has 0 saturated carbocycles. The van der Waals surface area contributed by atoms with Crippen LogP contribution < -0.4 is 46.2 Å². The molecule has 9 nitrogen and oxygen atoms in total. The molecule has 0 aliphatic heterocycles. The van der Waals surface area contributed by atoms with Gasteiger partial charge >= 0.3 is 0 Å². The molecule has 0 spiro atoms. The zero-order valence-electron chi connectivity index (χ0n) is 61.2. The first-order valence-corrected chi connectivity index (χ1v) is 68.4. The molecule has 1 aromatic rings. The lowest BCUT2D eigenvalue weighted by molar-refractivity contribution is -0.345. The second-order valence-corrected chi connectivity index (χ2v) is 84.4. The molecule has 528 valence electrons. The second kappa shape index (κ2) is 42.6. The molecule has 0 amide bonds. The van der Waals surface area contributed by atoms with Crippen molar-refractivity contribution in [1.29, 1.82) is 0 Å². The van der Waals surface area contributed by atoms with Crippen molar-refractivity contribution in [2.45, 2.75) is 316 Å². The Labute approximate surface area is 591 Å². The third-order valence-electron chi connectivity index (χ3n) is 21.7. The van der Waals surface area contributed by atoms with Crippen LogP contribution in [0.1, 0.15) is 132 Å². The molecule has 0 aliphatic carbocycles. The van der Waals surface area contributed by atoms with Gasteiger partial charge in [-0.1, -0.05) is 248 Å². The van der Waals surface area contributed by atoms with Gasteiger partial charge in [-0.15, -0.1) is 25.2 Å². The molecule has 1 rings (SSSR count). The smallest absolute Gasteiger partial charge is 0.113 e. The second-order valence-electron chi connectivity index (χ2n) is 35.9. The molecule has 0 saturated heterocycles. The quantitative estimate of drug-likeness (QED) is 0.0180. The van der Waals surface area contributed by atoms with Gasteiger partial charge in [-0.05, 0) is 161 Å². The highest BCUT2D eigenvalue weighted by molar-refractivity contribution is 6.81. The van der Waals surface area contributed by atoms with Crippen molar-refractivity contribution in [3.05, 3.63) is 48.0 Å². The third-order valence-corrected chi connectivity index (χ3v) is 50.1. The van der Waals surface area contributed by atoms with Gasteiger partial charge in [-0.25, -0.2) is 29.0 Å². The van der Waals surface area contributed by atoms with Crippen LogP contribution in [0.3, 0.4) is 0 Å². The Morgan fingerprint density at radius 1 is 0.292 bits per heavy atom. The summed E-state index contributed by atoms with van der Waals surface area (Å²) in [6.07, 6.45) is 28.8. The Bertz CT molecular complexity index is 1820. The summed E-state index contributed by atoms with van der Waals surface area (Å²) in [7, 11) is -14.5. The average molecular weight is 1520 g/mol. The number of hydrogen-bond acceptors (Lipinski definition) is 6. The zero-order chi connectivity index (χ0) is 68.0. The zero-order valence-corrected chi connectivity index (χ0v) is 74.8. The minimum absolute atomic E-state index is 0.00395. The molecular formula is C65H146Cl6N9Si9+. The number of halogens is 6. The first-order chi connectivity index (χ1) is 41.2. The van der Waals surface area contributed by atoms with E-state index < -0.39 is 72.7 Å². The highest BCUT2D eigenvalue weighted by atomic mass is 35.5. The van der Waals surface area contributed by atoms with E-state index in [4.69, 9.17) is 70.7 Å². The summed E-state index contributed by atoms with van der Waals surface area (Å²) in [6.45, 7) is 50.8. The highest BCUT2D eigenvalue weighted by Crippen LogP contribution is 2.51. The summed E-state index contributed by atoms with van der Waals surface area (Å²) >= 11 is 38.6. The molecule has 1 atom stereocenters. The van der Waals surface area contributed by atoms with Crippen molar-refractivity contribution < 1.29 is 17.2 Å². The normalized spacial score (nSPS) is 14.7. The summed E-state index contributed by atoms with van der Waals surface area (Å²) in [5.74, 6) is 0. The SMILES string of the molecule is C[Si](C)(C[NH3+])CCCC(CCC[Si](C)(C)C[CH-][NH3+])(CCC[Si](C)(C)CNCl)c1cc(C(CCC[Si](C)(C)C[CH-][NH3+])(CCC[Si](C)(C)CNCl)CCC[Si](C)(C)CNCl)cc(C(CCC[Si](C)(C)CNCl)(CCC[Si](C)(C)CNCl)CCC[Si](C)(C)CNCl)c1. The Balaban J connectivity index is 5.34. The summed E-state index contributed by atoms with van der Waals surface area (Å²) in [5.41, 5.74) is 18.3. The summed E-state index contributed by atoms with van der Waals surface area (Å²) in [4.78, 5) is 18.8. The van der Waals surface area contributed by atoms with Crippen LogP contribution in [0, 0.1) is 13.1 Å². The minimum atomic E-state index is -1.66. The van der Waals surface area contributed by atoms with Gasteiger partial charge in [0.2, 0.25) is 0 Å². The Hall–Kier alpha value is 2.55. The summed E-state index contributed by atoms with van der Waals surface area (Å²) in [5, 5.41) is 0. The fraction of sp³-hybridized carbons (Fsp3) is 0.877. The summed E-state index contributed by atoms with van der Waals surface area (Å²) in [6, 6.07) is 22.8. The Morgan fingerprint density at radius 2 is 0.449 bits per heavy atom. The maximum atomic E-state index is 6.44. The fourth-order valence-electron chi connectivity index (χ4n) is 14.8. The van der Waals surface area contributed by atoms with Gasteiger partial charge in [0.1, 0.15) is 8.07 Å². The van der Waals surface area contributed by atoms with E-state index >= 15 is 0 Å². The number of nitrogens with one attached hydrogen (secondary N) is 6. The first-order valence-electron chi connectivity index (χ1n) is 35.4. The predicted molar refractivity (Wildman–Crippen MR) is 430 cm³/mol. The number of hydrogen-bond donors (Lipinski definition) is 9. The molecule has 0 aliphatic rings. The Kier molecular flexibility index (Phi) is 42.9. The minimum Gasteiger partial charge on any atom is -0.488 e. The van der Waals surface area contributed by atoms with E-state index in [0.29, 0.717) is 0 Å². The van der Waals surface area contributed by atoms with Crippen molar-refractivity contribution in [1.82, 2.24) is 29.0 Å². The fourth-order valence-corrected chi connectivity index (χ4v) is 37.0. The molecule has 0 aromatic heterocycles. The molecule has 0 bridgehead atoms. The van der Waals surface area contributed by atoms with Crippen LogP contribution in [0.25, 0.3) is 0 Å². The van der Waals surface area contributed by atoms with Gasteiger partial charge in [0, 0.05) is 53.2 Å². The molecular weight excluding hydrogens is 1370 g/mol. The van der Waals surface area contributed by atoms with Crippen LogP contribution in [0.2, 0.25) is 184 Å². The van der Waals surface area contributed by atoms with Crippen LogP contribution in [0.4, 0.5) is 0 Å². The molecule has 1 aromatic carbocycles. The lowest BCUT2D eigenvalue weighted by Crippen LogP contribution is -2.61. The van der Waals surface area contributed by atoms with Crippen molar-refractivity contribution in [3.63, 3.8) is 0 Å². The topological polar surface area (TPSA) is 155 Å². The Morgan fingerprint density at radius 3 is 0.596 bits per heavy atom. The number of quaternary nitrogens is 3. The van der Waals surface area contributed by atoms with E-state index in [9.17, 15) is 0 Å². The van der Waals surface area contributed by atoms with Crippen molar-refractivity contribution >= 4 is 143 Å². The van der Waals surface area contributed by atoms with Crippen LogP contribution in [-0.4, -0.2) is 116 Å². The molecule has 0 radical (unpaired) electrons. The van der Waals surface area contributed by atoms with E-state index in [-0.39, 0.29) is 16.2 Å². The van der Waals surface area contributed by atoms with Gasteiger partial charge in [-0.3, -0.25) is 0 Å². The first kappa shape index (κ1) is 89.6. The molecule has 15 N–H and O–H groups in total. The van der Waals surface area contributed by atoms with E-state index in [1.807, 2.05) is 0 Å². The lowest BCUT2D eigenvalue weighted by atomic mass is 9.63. The number of benzene rings is 1. The van der Waals surface area contributed by atoms with Gasteiger partial charge < -0.3 is 17.2 Å². The van der Waals surface area contributed by atoms with Crippen LogP contribution in [0.15, 0.2) is 18.2 Å². The van der Waals surface area contributed by atoms with Crippen LogP contribution in [-0.2, 0) is 16.2 Å². The van der Waals surface area contributed by atoms with Gasteiger partial charge in [-0.2, -0.15) is 0 Å². The predicted octanol–water partition coefficient (Wildman–Crippen LogP) is 18.1. The summed E-state index contributed by atoms with van der Waals surface area (Å²) < 4.78 is 0. The number of rotatable bonds is 56. The van der Waals surface area contributed by atoms with E-state index in [0.717, 1.165) is 43.2 Å². The molecule has 0 heterocycles.